The number of carbonyl (C=O) groups is 6. The van der Waals surface area contributed by atoms with Crippen LogP contribution < -0.4 is 65.3 Å². The van der Waals surface area contributed by atoms with Gasteiger partial charge in [-0.15, -0.1) is 0 Å². The molecule has 4 saturated carbocycles. The summed E-state index contributed by atoms with van der Waals surface area (Å²) >= 11 is 0. The summed E-state index contributed by atoms with van der Waals surface area (Å²) in [5, 5.41) is 14.1. The summed E-state index contributed by atoms with van der Waals surface area (Å²) in [6.07, 6.45) is 11.2. The summed E-state index contributed by atoms with van der Waals surface area (Å²) in [4.78, 5) is 147. The number of nitrogens with one attached hydrogen (secondary N) is 12. The highest BCUT2D eigenvalue weighted by Crippen LogP contribution is 2.60. The molecule has 6 aromatic heterocycles. The van der Waals surface area contributed by atoms with Crippen LogP contribution >= 0.6 is 0 Å². The van der Waals surface area contributed by atoms with E-state index in [9.17, 15) is 70.7 Å². The Morgan fingerprint density at radius 3 is 1.13 bits per heavy atom. The third-order valence-corrected chi connectivity index (χ3v) is 12.7. The summed E-state index contributed by atoms with van der Waals surface area (Å²) in [7, 11) is 0. The van der Waals surface area contributed by atoms with Gasteiger partial charge in [-0.25, -0.2) is 0 Å². The molecule has 0 atom stereocenters. The van der Waals surface area contributed by atoms with E-state index in [4.69, 9.17) is 0 Å². The zero-order chi connectivity index (χ0) is 61.9. The van der Waals surface area contributed by atoms with Crippen molar-refractivity contribution in [1.29, 1.82) is 0 Å². The molecule has 0 unspecified atom stereocenters. The monoisotopic (exact) mass is 1160 g/mol. The van der Waals surface area contributed by atoms with Gasteiger partial charge in [-0.1, -0.05) is 0 Å². The van der Waals surface area contributed by atoms with Crippen molar-refractivity contribution in [1.82, 2.24) is 29.9 Å². The van der Waals surface area contributed by atoms with Gasteiger partial charge in [-0.3, -0.25) is 57.5 Å². The van der Waals surface area contributed by atoms with Crippen LogP contribution in [0.2, 0.25) is 0 Å². The van der Waals surface area contributed by atoms with Crippen molar-refractivity contribution in [2.75, 3.05) is 31.9 Å². The maximum atomic E-state index is 12.9. The van der Waals surface area contributed by atoms with E-state index in [1.54, 1.807) is 75.0 Å². The molecule has 444 valence electrons. The second-order valence-corrected chi connectivity index (χ2v) is 20.3. The Morgan fingerprint density at radius 1 is 0.446 bits per heavy atom. The predicted molar refractivity (Wildman–Crippen MR) is 307 cm³/mol. The van der Waals surface area contributed by atoms with Crippen LogP contribution in [0.4, 0.5) is 47.3 Å². The van der Waals surface area contributed by atoms with E-state index in [2.05, 4.69) is 56.5 Å². The number of pyridine rings is 6. The average molecular weight is 1160 g/mol. The fraction of sp³-hybridized carbons (Fsp3) is 0.357. The van der Waals surface area contributed by atoms with Gasteiger partial charge < -0.3 is 61.8 Å². The maximum Gasteiger partial charge on any atom is 0.471 e. The van der Waals surface area contributed by atoms with Crippen LogP contribution in [0.25, 0.3) is 0 Å². The second-order valence-electron chi connectivity index (χ2n) is 20.3. The van der Waals surface area contributed by atoms with Crippen LogP contribution in [0.15, 0.2) is 108 Å². The molecule has 4 fully saturated rings. The number of hydrogen-bond donors (Lipinski definition) is 12. The molecular formula is C56H67F3N12O12. The molecule has 6 amide bonds. The van der Waals surface area contributed by atoms with Crippen LogP contribution in [0, 0.1) is 57.8 Å². The van der Waals surface area contributed by atoms with E-state index in [-0.39, 0.29) is 68.4 Å². The highest BCUT2D eigenvalue weighted by Gasteiger charge is 2.54. The van der Waals surface area contributed by atoms with Gasteiger partial charge in [-0.05, 0) is 161 Å². The van der Waals surface area contributed by atoms with E-state index < -0.39 is 23.3 Å². The Balaban J connectivity index is 0.000000218. The number of aryl methyl sites for hydroxylation is 5. The Kier molecular flexibility index (Phi) is 23.5. The van der Waals surface area contributed by atoms with Gasteiger partial charge >= 0.3 is 12.1 Å². The summed E-state index contributed by atoms with van der Waals surface area (Å²) < 4.78 is 35.5. The standard InChI is InChI=1S/C17H22N2O2.C8H7F3N2O2.3C8H10N2O2.C7H8N2O2/c1-10-2-14(15(20)18-9-10)19-16(21)17-6-11-3-12(7-17)5-13(4-11)8-17;1-4-2-5(6(14)12-3-4)13-7(15)8(9,10)11;2*1-5-3-7(10-6(2)11)8(12)9-4-5;1-5-3-4-9-8(12)7(5)10-6(2)11;1-5(10)9-6-3-2-4-8-7(6)11/h2,9,11-13H,3-8H2,1H3,(H,18,20)(H,19,21);2-3H,1H3,(H,12,14)(H,13,15);3*3-4H,1-2H3,(H,9,12)(H,10,11);2-4H,1H3,(H,8,11)(H,9,10). The maximum absolute atomic E-state index is 12.9. The lowest BCUT2D eigenvalue weighted by molar-refractivity contribution is -0.167. The summed E-state index contributed by atoms with van der Waals surface area (Å²) in [6, 6.07) is 11.1. The second kappa shape index (κ2) is 29.7. The first-order valence-corrected chi connectivity index (χ1v) is 25.8. The van der Waals surface area contributed by atoms with Gasteiger partial charge in [0.1, 0.15) is 34.1 Å². The van der Waals surface area contributed by atoms with Crippen molar-refractivity contribution < 1.29 is 41.9 Å². The van der Waals surface area contributed by atoms with Crippen molar-refractivity contribution >= 4 is 69.6 Å². The number of carbonyl (C=O) groups excluding carboxylic acids is 6. The highest BCUT2D eigenvalue weighted by atomic mass is 19.4. The molecular weight excluding hydrogens is 1090 g/mol. The normalized spacial score (nSPS) is 16.7. The Bertz CT molecular complexity index is 3580. The highest BCUT2D eigenvalue weighted by molar-refractivity contribution is 5.96. The van der Waals surface area contributed by atoms with E-state index in [0.29, 0.717) is 28.3 Å². The zero-order valence-electron chi connectivity index (χ0n) is 47.0. The fourth-order valence-electron chi connectivity index (χ4n) is 9.57. The topological polar surface area (TPSA) is 372 Å². The van der Waals surface area contributed by atoms with Crippen molar-refractivity contribution in [3.8, 4) is 0 Å². The molecule has 4 aliphatic rings. The van der Waals surface area contributed by atoms with Crippen molar-refractivity contribution in [3.63, 3.8) is 0 Å². The van der Waals surface area contributed by atoms with E-state index in [1.165, 1.54) is 64.7 Å². The third-order valence-electron chi connectivity index (χ3n) is 12.7. The Labute approximate surface area is 471 Å². The van der Waals surface area contributed by atoms with Crippen LogP contribution in [-0.2, 0) is 28.8 Å². The van der Waals surface area contributed by atoms with Gasteiger partial charge in [-0.2, -0.15) is 13.2 Å². The van der Waals surface area contributed by atoms with Gasteiger partial charge in [0.25, 0.3) is 33.4 Å². The molecule has 27 heteroatoms. The van der Waals surface area contributed by atoms with Crippen LogP contribution in [0.5, 0.6) is 0 Å². The zero-order valence-corrected chi connectivity index (χ0v) is 47.0. The van der Waals surface area contributed by atoms with Gasteiger partial charge in [0.2, 0.25) is 29.5 Å². The molecule has 4 aliphatic carbocycles. The van der Waals surface area contributed by atoms with Crippen molar-refractivity contribution in [2.24, 2.45) is 23.2 Å². The molecule has 24 nitrogen and oxygen atoms in total. The first kappa shape index (κ1) is 65.8. The lowest BCUT2D eigenvalue weighted by Gasteiger charge is -2.55. The minimum Gasteiger partial charge on any atom is -0.327 e. The molecule has 6 heterocycles. The molecule has 0 radical (unpaired) electrons. The van der Waals surface area contributed by atoms with Crippen molar-refractivity contribution in [3.05, 3.63) is 170 Å². The molecule has 83 heavy (non-hydrogen) atoms. The first-order valence-electron chi connectivity index (χ1n) is 25.8. The first-order chi connectivity index (χ1) is 38.8. The van der Waals surface area contributed by atoms with Gasteiger partial charge in [0, 0.05) is 64.9 Å². The molecule has 4 bridgehead atoms. The van der Waals surface area contributed by atoms with Crippen LogP contribution in [0.3, 0.4) is 0 Å². The van der Waals surface area contributed by atoms with Crippen LogP contribution in [-0.4, -0.2) is 71.5 Å². The number of anilines is 6. The van der Waals surface area contributed by atoms with Crippen LogP contribution in [0.1, 0.15) is 94.0 Å². The molecule has 0 spiro atoms. The lowest BCUT2D eigenvalue weighted by atomic mass is 9.49. The minimum absolute atomic E-state index is 0.0812. The number of alkyl halides is 3. The third kappa shape index (κ3) is 21.1. The number of hydrogen-bond acceptors (Lipinski definition) is 12. The molecule has 0 aliphatic heterocycles. The summed E-state index contributed by atoms with van der Waals surface area (Å²) in [6.45, 7) is 14.4. The SMILES string of the molecule is CC(=O)Nc1c(C)cc[nH]c1=O.CC(=O)Nc1cc(C)c[nH]c1=O.CC(=O)Nc1cc(C)c[nH]c1=O.CC(=O)Nc1ccc[nH]c1=O.Cc1c[nH]c(=O)c(NC(=O)C(F)(F)F)c1.Cc1c[nH]c(=O)c(NC(=O)C23CC4CC(CC(C4)C2)C3)c1. The quantitative estimate of drug-likeness (QED) is 0.0840. The molecule has 6 aromatic rings. The number of halogens is 3. The Morgan fingerprint density at radius 2 is 0.783 bits per heavy atom. The molecule has 0 aromatic carbocycles. The number of aromatic nitrogens is 6. The number of H-pyrrole nitrogens is 6. The molecule has 0 saturated heterocycles. The fourth-order valence-corrected chi connectivity index (χ4v) is 9.57. The summed E-state index contributed by atoms with van der Waals surface area (Å²) in [5.41, 5.74) is 2.90. The van der Waals surface area contributed by atoms with E-state index >= 15 is 0 Å². The number of amides is 6. The van der Waals surface area contributed by atoms with E-state index in [1.807, 2.05) is 20.8 Å². The largest absolute Gasteiger partial charge is 0.471 e. The Hall–Kier alpha value is -9.69. The predicted octanol–water partition coefficient (Wildman–Crippen LogP) is 6.28. The lowest BCUT2D eigenvalue weighted by Crippen LogP contribution is -2.52. The summed E-state index contributed by atoms with van der Waals surface area (Å²) in [5.74, 6) is -0.863. The van der Waals surface area contributed by atoms with E-state index in [0.717, 1.165) is 65.3 Å². The minimum atomic E-state index is -5.00. The number of rotatable bonds is 7. The molecule has 12 N–H and O–H groups in total. The average Bonchev–Trinajstić information content (AvgIpc) is 3.30. The van der Waals surface area contributed by atoms with Gasteiger partial charge in [0.05, 0.1) is 5.41 Å². The van der Waals surface area contributed by atoms with Gasteiger partial charge in [0.15, 0.2) is 0 Å². The number of aromatic amines is 6. The van der Waals surface area contributed by atoms with Crippen molar-refractivity contribution in [2.45, 2.75) is 107 Å². The smallest absolute Gasteiger partial charge is 0.327 e. The molecule has 10 rings (SSSR count).